The van der Waals surface area contributed by atoms with Crippen molar-refractivity contribution in [3.05, 3.63) is 307 Å². The molecule has 0 fully saturated rings. The van der Waals surface area contributed by atoms with Crippen LogP contribution in [0.2, 0.25) is 0 Å². The second-order valence-electron chi connectivity index (χ2n) is 22.0. The molecule has 0 radical (unpaired) electrons. The number of fused-ring (bicyclic) bond motifs is 3. The molecule has 0 amide bonds. The van der Waals surface area contributed by atoms with E-state index in [-0.39, 0.29) is 0 Å². The first kappa shape index (κ1) is 54.5. The normalized spacial score (nSPS) is 11.3. The van der Waals surface area contributed by atoms with Crippen LogP contribution in [0.1, 0.15) is 27.8 Å². The average Bonchev–Trinajstić information content (AvgIpc) is 2.29. The topological polar surface area (TPSA) is 40.7 Å². The quantitative estimate of drug-likeness (QED) is 0.0900. The second-order valence-corrected chi connectivity index (χ2v) is 22.0. The van der Waals surface area contributed by atoms with Crippen LogP contribution < -0.4 is 33.8 Å². The van der Waals surface area contributed by atoms with E-state index in [1.54, 1.807) is 21.3 Å². The number of aryl methyl sites for hydroxylation is 3. The van der Waals surface area contributed by atoms with Crippen LogP contribution in [0, 0.1) is 20.8 Å². The molecule has 12 aromatic rings. The first-order valence-corrected chi connectivity index (χ1v) is 29.2. The third-order valence-electron chi connectivity index (χ3n) is 16.4. The zero-order valence-electron chi connectivity index (χ0n) is 49.3. The van der Waals surface area contributed by atoms with E-state index < -0.39 is 0 Å². The molecule has 0 spiro atoms. The van der Waals surface area contributed by atoms with Gasteiger partial charge in [-0.1, -0.05) is 114 Å². The molecule has 0 saturated carbocycles. The summed E-state index contributed by atoms with van der Waals surface area (Å²) in [6.45, 7) is 6.38. The molecule has 0 aromatic heterocycles. The maximum Gasteiger partial charge on any atom is 0.119 e. The van der Waals surface area contributed by atoms with E-state index in [1.165, 1.54) is 38.9 Å². The van der Waals surface area contributed by atoms with Crippen molar-refractivity contribution < 1.29 is 14.2 Å². The maximum absolute atomic E-state index is 5.63. The molecule has 1 aliphatic carbocycles. The van der Waals surface area contributed by atoms with Gasteiger partial charge in [0.05, 0.1) is 21.3 Å². The number of hydrogen-bond acceptors (Lipinski definition) is 7. The zero-order chi connectivity index (χ0) is 58.7. The number of benzene rings is 12. The van der Waals surface area contributed by atoms with Gasteiger partial charge in [0.15, 0.2) is 0 Å². The molecule has 12 aromatic carbocycles. The van der Waals surface area contributed by atoms with E-state index in [2.05, 4.69) is 283 Å². The number of rotatable bonds is 17. The molecule has 7 heteroatoms. The van der Waals surface area contributed by atoms with E-state index >= 15 is 0 Å². The zero-order valence-corrected chi connectivity index (χ0v) is 49.3. The number of nitrogens with zero attached hydrogens (tertiary/aromatic N) is 4. The Hall–Kier alpha value is -10.8. The van der Waals surface area contributed by atoms with Gasteiger partial charge in [-0.3, -0.25) is 0 Å². The summed E-state index contributed by atoms with van der Waals surface area (Å²) in [5, 5.41) is 0. The van der Waals surface area contributed by atoms with Gasteiger partial charge in [-0.2, -0.15) is 0 Å². The van der Waals surface area contributed by atoms with Crippen molar-refractivity contribution in [3.8, 4) is 50.6 Å². The Bertz CT molecular complexity index is 4280. The van der Waals surface area contributed by atoms with Gasteiger partial charge in [-0.25, -0.2) is 0 Å². The summed E-state index contributed by atoms with van der Waals surface area (Å²) in [4.78, 5) is 9.28. The number of ether oxygens (including phenoxy) is 3. The minimum absolute atomic E-state index is 0.814. The fourth-order valence-electron chi connectivity index (χ4n) is 11.7. The number of hydrogen-bond donors (Lipinski definition) is 0. The Morgan fingerprint density at radius 2 is 0.407 bits per heavy atom. The smallest absolute Gasteiger partial charge is 0.119 e. The van der Waals surface area contributed by atoms with Crippen LogP contribution in [0.25, 0.3) is 33.4 Å². The van der Waals surface area contributed by atoms with Gasteiger partial charge < -0.3 is 33.8 Å². The fourth-order valence-corrected chi connectivity index (χ4v) is 11.7. The van der Waals surface area contributed by atoms with Crippen molar-refractivity contribution in [2.75, 3.05) is 40.9 Å². The molecule has 0 unspecified atom stereocenters. The molecule has 0 heterocycles. The summed E-state index contributed by atoms with van der Waals surface area (Å²) in [6, 6.07) is 100. The van der Waals surface area contributed by atoms with Gasteiger partial charge in [-0.15, -0.1) is 0 Å². The average molecular weight is 1120 g/mol. The van der Waals surface area contributed by atoms with Crippen molar-refractivity contribution in [2.45, 2.75) is 27.2 Å². The highest BCUT2D eigenvalue weighted by Gasteiger charge is 2.24. The van der Waals surface area contributed by atoms with Crippen LogP contribution in [-0.2, 0) is 6.42 Å². The first-order valence-electron chi connectivity index (χ1n) is 29.2. The Morgan fingerprint density at radius 1 is 0.221 bits per heavy atom. The second kappa shape index (κ2) is 23.8. The summed E-state index contributed by atoms with van der Waals surface area (Å²) in [6.07, 6.45) is 0.814. The molecular weight excluding hydrogens is 1050 g/mol. The van der Waals surface area contributed by atoms with Crippen LogP contribution in [0.4, 0.5) is 68.2 Å². The molecule has 0 atom stereocenters. The van der Waals surface area contributed by atoms with Crippen LogP contribution in [0.3, 0.4) is 0 Å². The van der Waals surface area contributed by atoms with Crippen LogP contribution in [0.5, 0.6) is 17.2 Å². The van der Waals surface area contributed by atoms with Crippen molar-refractivity contribution in [2.24, 2.45) is 0 Å². The molecular formula is C79H66N4O3. The number of methoxy groups -OCH3 is 3. The lowest BCUT2D eigenvalue weighted by molar-refractivity contribution is 0.414. The summed E-state index contributed by atoms with van der Waals surface area (Å²) in [5.74, 6) is 2.47. The minimum Gasteiger partial charge on any atom is -0.497 e. The van der Waals surface area contributed by atoms with Crippen molar-refractivity contribution >= 4 is 68.2 Å². The fraction of sp³-hybridized carbons (Fsp3) is 0.0886. The van der Waals surface area contributed by atoms with E-state index in [0.717, 1.165) is 114 Å². The highest BCUT2D eigenvalue weighted by Crippen LogP contribution is 2.46. The summed E-state index contributed by atoms with van der Waals surface area (Å²) >= 11 is 0. The van der Waals surface area contributed by atoms with E-state index in [9.17, 15) is 0 Å². The summed E-state index contributed by atoms with van der Waals surface area (Å²) in [5.41, 5.74) is 26.3. The largest absolute Gasteiger partial charge is 0.497 e. The molecule has 420 valence electrons. The third kappa shape index (κ3) is 11.1. The standard InChI is InChI=1S/C79H66N4O3/c1-54-7-21-63(22-8-54)80(70-35-43-75(84-4)44-36-70)66-27-13-57(14-28-66)59-17-31-68(32-18-59)82(65-25-11-56(3)12-26-65)73-41-49-78-61(52-73)51-62-53-74(42-50-79(62)78)83(72-39-47-77(86-6)48-40-72)69-33-19-60(20-34-69)58-15-29-67(30-16-58)81(64-23-9-55(2)10-24-64)71-37-45-76(85-5)46-38-71/h7-50,52-53H,51H2,1-6H3. The molecule has 0 aliphatic heterocycles. The third-order valence-corrected chi connectivity index (χ3v) is 16.4. The molecule has 7 nitrogen and oxygen atoms in total. The summed E-state index contributed by atoms with van der Waals surface area (Å²) in [7, 11) is 5.11. The molecule has 13 rings (SSSR count). The predicted octanol–water partition coefficient (Wildman–Crippen LogP) is 21.4. The SMILES string of the molecule is COc1ccc(N(c2ccc(C)cc2)c2ccc(-c3ccc(N(c4ccc(C)cc4)c4ccc5c(c4)Cc4cc(N(c6ccc(OC)cc6)c6ccc(-c7ccc(N(c8ccc(C)cc8)c8ccc(OC)cc8)cc7)cc6)ccc4-5)cc3)cc2)cc1. The van der Waals surface area contributed by atoms with Crippen LogP contribution >= 0.6 is 0 Å². The van der Waals surface area contributed by atoms with Gasteiger partial charge in [0, 0.05) is 68.2 Å². The highest BCUT2D eigenvalue weighted by molar-refractivity contribution is 5.88. The number of anilines is 12. The molecule has 0 N–H and O–H groups in total. The lowest BCUT2D eigenvalue weighted by Crippen LogP contribution is -2.10. The Labute approximate surface area is 505 Å². The van der Waals surface area contributed by atoms with Crippen LogP contribution in [0.15, 0.2) is 279 Å². The van der Waals surface area contributed by atoms with Crippen molar-refractivity contribution in [3.63, 3.8) is 0 Å². The summed E-state index contributed by atoms with van der Waals surface area (Å²) < 4.78 is 16.6. The van der Waals surface area contributed by atoms with Gasteiger partial charge in [0.1, 0.15) is 17.2 Å². The van der Waals surface area contributed by atoms with Gasteiger partial charge in [0.2, 0.25) is 0 Å². The lowest BCUT2D eigenvalue weighted by Gasteiger charge is -2.27. The van der Waals surface area contributed by atoms with Crippen molar-refractivity contribution in [1.29, 1.82) is 0 Å². The van der Waals surface area contributed by atoms with Crippen molar-refractivity contribution in [1.82, 2.24) is 0 Å². The predicted molar refractivity (Wildman–Crippen MR) is 358 cm³/mol. The molecule has 0 bridgehead atoms. The maximum atomic E-state index is 5.63. The van der Waals surface area contributed by atoms with Gasteiger partial charge in [0.25, 0.3) is 0 Å². The van der Waals surface area contributed by atoms with E-state index in [0.29, 0.717) is 0 Å². The molecule has 1 aliphatic rings. The molecule has 0 saturated heterocycles. The van der Waals surface area contributed by atoms with Gasteiger partial charge in [-0.05, 0) is 254 Å². The minimum atomic E-state index is 0.814. The molecule has 86 heavy (non-hydrogen) atoms. The Balaban J connectivity index is 0.769. The highest BCUT2D eigenvalue weighted by atomic mass is 16.5. The lowest BCUT2D eigenvalue weighted by atomic mass is 10.0. The van der Waals surface area contributed by atoms with E-state index in [1.807, 2.05) is 36.4 Å². The Morgan fingerprint density at radius 3 is 0.628 bits per heavy atom. The van der Waals surface area contributed by atoms with Crippen LogP contribution in [-0.4, -0.2) is 21.3 Å². The van der Waals surface area contributed by atoms with Gasteiger partial charge >= 0.3 is 0 Å². The van der Waals surface area contributed by atoms with E-state index in [4.69, 9.17) is 14.2 Å². The monoisotopic (exact) mass is 1120 g/mol. The first-order chi connectivity index (χ1) is 42.2. The Kier molecular flexibility index (Phi) is 15.1.